The van der Waals surface area contributed by atoms with Crippen LogP contribution in [0, 0.1) is 6.92 Å². The highest BCUT2D eigenvalue weighted by Gasteiger charge is 2.36. The van der Waals surface area contributed by atoms with Gasteiger partial charge >= 0.3 is 0 Å². The molecule has 0 radical (unpaired) electrons. The van der Waals surface area contributed by atoms with Gasteiger partial charge in [0.05, 0.1) is 11.3 Å². The zero-order valence-electron chi connectivity index (χ0n) is 11.9. The van der Waals surface area contributed by atoms with Crippen LogP contribution >= 0.6 is 0 Å². The second-order valence-electron chi connectivity index (χ2n) is 5.51. The maximum absolute atomic E-state index is 13.2. The first kappa shape index (κ1) is 14.9. The molecule has 0 spiro atoms. The van der Waals surface area contributed by atoms with Crippen molar-refractivity contribution in [1.29, 1.82) is 0 Å². The van der Waals surface area contributed by atoms with Crippen LogP contribution in [0.5, 0.6) is 0 Å². The van der Waals surface area contributed by atoms with E-state index in [0.717, 1.165) is 17.7 Å². The first-order chi connectivity index (χ1) is 9.34. The minimum atomic E-state index is -2.54. The summed E-state index contributed by atoms with van der Waals surface area (Å²) in [6.45, 7) is 3.71. The summed E-state index contributed by atoms with van der Waals surface area (Å²) in [6.07, 6.45) is 1.44. The number of primary amides is 1. The molecule has 1 saturated carbocycles. The van der Waals surface area contributed by atoms with Gasteiger partial charge in [0.15, 0.2) is 0 Å². The number of nitrogens with zero attached hydrogens (tertiary/aromatic N) is 1. The highest BCUT2D eigenvalue weighted by molar-refractivity contribution is 5.94. The predicted octanol–water partition coefficient (Wildman–Crippen LogP) is 3.34. The van der Waals surface area contributed by atoms with E-state index < -0.39 is 11.8 Å². The van der Waals surface area contributed by atoms with E-state index in [4.69, 9.17) is 5.73 Å². The molecule has 1 amide bonds. The van der Waals surface area contributed by atoms with E-state index in [1.165, 1.54) is 0 Å². The Morgan fingerprint density at radius 1 is 1.45 bits per heavy atom. The summed E-state index contributed by atoms with van der Waals surface area (Å²) in [6, 6.07) is 1.77. The fourth-order valence-corrected chi connectivity index (χ4v) is 2.86. The van der Waals surface area contributed by atoms with Crippen molar-refractivity contribution in [3.05, 3.63) is 28.6 Å². The van der Waals surface area contributed by atoms with E-state index in [1.807, 2.05) is 6.92 Å². The molecule has 2 N–H and O–H groups in total. The molecule has 20 heavy (non-hydrogen) atoms. The molecule has 3 nitrogen and oxygen atoms in total. The topological polar surface area (TPSA) is 56.0 Å². The van der Waals surface area contributed by atoms with Gasteiger partial charge in [-0.15, -0.1) is 0 Å². The normalized spacial score (nSPS) is 19.0. The van der Waals surface area contributed by atoms with Crippen molar-refractivity contribution >= 4 is 5.91 Å². The van der Waals surface area contributed by atoms with E-state index in [9.17, 15) is 13.6 Å². The molecule has 0 unspecified atom stereocenters. The van der Waals surface area contributed by atoms with E-state index in [-0.39, 0.29) is 18.8 Å². The van der Waals surface area contributed by atoms with E-state index in [0.29, 0.717) is 24.1 Å². The number of carbonyl (C=O) groups is 1. The minimum absolute atomic E-state index is 0.0604. The van der Waals surface area contributed by atoms with Crippen LogP contribution in [0.2, 0.25) is 0 Å². The lowest BCUT2D eigenvalue weighted by Crippen LogP contribution is -2.25. The highest BCUT2D eigenvalue weighted by Crippen LogP contribution is 2.41. The standard InChI is InChI=1S/C15H20F2N2O/c1-3-10-8-12(14(18)20)9(2)19-13(10)11-4-6-15(16,17)7-5-11/h8,11H,3-7H2,1-2H3,(H2,18,20). The van der Waals surface area contributed by atoms with Gasteiger partial charge in [-0.1, -0.05) is 6.92 Å². The molecule has 1 aliphatic carbocycles. The molecule has 5 heteroatoms. The Morgan fingerprint density at radius 3 is 2.55 bits per heavy atom. The average molecular weight is 282 g/mol. The molecule has 0 atom stereocenters. The van der Waals surface area contributed by atoms with E-state index in [2.05, 4.69) is 4.98 Å². The number of nitrogens with two attached hydrogens (primary N) is 1. The number of aromatic nitrogens is 1. The fourth-order valence-electron chi connectivity index (χ4n) is 2.86. The average Bonchev–Trinajstić information content (AvgIpc) is 2.38. The van der Waals surface area contributed by atoms with Crippen LogP contribution in [0.15, 0.2) is 6.07 Å². The number of carbonyl (C=O) groups excluding carboxylic acids is 1. The Hall–Kier alpha value is -1.52. The van der Waals surface area contributed by atoms with Crippen molar-refractivity contribution in [3.63, 3.8) is 0 Å². The number of hydrogen-bond donors (Lipinski definition) is 1. The van der Waals surface area contributed by atoms with Crippen LogP contribution < -0.4 is 5.73 Å². The molecule has 0 aromatic carbocycles. The molecular weight excluding hydrogens is 262 g/mol. The maximum Gasteiger partial charge on any atom is 0.250 e. The van der Waals surface area contributed by atoms with Crippen molar-refractivity contribution in [1.82, 2.24) is 4.98 Å². The van der Waals surface area contributed by atoms with E-state index >= 15 is 0 Å². The van der Waals surface area contributed by atoms with Crippen molar-refractivity contribution in [2.45, 2.75) is 57.8 Å². The van der Waals surface area contributed by atoms with Gasteiger partial charge in [0.25, 0.3) is 5.91 Å². The summed E-state index contributed by atoms with van der Waals surface area (Å²) >= 11 is 0. The van der Waals surface area contributed by atoms with Gasteiger partial charge in [0.1, 0.15) is 0 Å². The Bertz CT molecular complexity index is 519. The summed E-state index contributed by atoms with van der Waals surface area (Å²) in [5.41, 5.74) is 8.14. The highest BCUT2D eigenvalue weighted by atomic mass is 19.3. The zero-order valence-corrected chi connectivity index (χ0v) is 11.9. The van der Waals surface area contributed by atoms with Gasteiger partial charge in [-0.3, -0.25) is 9.78 Å². The van der Waals surface area contributed by atoms with Gasteiger partial charge in [0, 0.05) is 24.5 Å². The van der Waals surface area contributed by atoms with Crippen LogP contribution in [0.3, 0.4) is 0 Å². The summed E-state index contributed by atoms with van der Waals surface area (Å²) in [4.78, 5) is 15.8. The second kappa shape index (κ2) is 5.46. The van der Waals surface area contributed by atoms with Gasteiger partial charge in [-0.2, -0.15) is 0 Å². The molecule has 1 aliphatic rings. The number of pyridine rings is 1. The third-order valence-electron chi connectivity index (χ3n) is 4.08. The quantitative estimate of drug-likeness (QED) is 0.924. The number of alkyl halides is 2. The Kier molecular flexibility index (Phi) is 4.06. The van der Waals surface area contributed by atoms with Crippen molar-refractivity contribution in [3.8, 4) is 0 Å². The lowest BCUT2D eigenvalue weighted by atomic mass is 9.82. The van der Waals surface area contributed by atoms with Crippen molar-refractivity contribution in [2.75, 3.05) is 0 Å². The van der Waals surface area contributed by atoms with Crippen LogP contribution in [-0.4, -0.2) is 16.8 Å². The largest absolute Gasteiger partial charge is 0.366 e. The minimum Gasteiger partial charge on any atom is -0.366 e. The molecular formula is C15H20F2N2O. The molecule has 1 fully saturated rings. The smallest absolute Gasteiger partial charge is 0.250 e. The summed E-state index contributed by atoms with van der Waals surface area (Å²) < 4.78 is 26.5. The number of rotatable bonds is 3. The molecule has 110 valence electrons. The monoisotopic (exact) mass is 282 g/mol. The number of hydrogen-bond acceptors (Lipinski definition) is 2. The van der Waals surface area contributed by atoms with Crippen LogP contribution in [0.1, 0.15) is 65.8 Å². The third-order valence-corrected chi connectivity index (χ3v) is 4.08. The first-order valence-corrected chi connectivity index (χ1v) is 7.02. The molecule has 0 aliphatic heterocycles. The Morgan fingerprint density at radius 2 is 2.05 bits per heavy atom. The van der Waals surface area contributed by atoms with Crippen molar-refractivity contribution < 1.29 is 13.6 Å². The number of halogens is 2. The lowest BCUT2D eigenvalue weighted by molar-refractivity contribution is -0.0385. The van der Waals surface area contributed by atoms with Crippen LogP contribution in [0.25, 0.3) is 0 Å². The van der Waals surface area contributed by atoms with Gasteiger partial charge < -0.3 is 5.73 Å². The zero-order chi connectivity index (χ0) is 14.9. The molecule has 1 aromatic rings. The predicted molar refractivity (Wildman–Crippen MR) is 73.0 cm³/mol. The lowest BCUT2D eigenvalue weighted by Gasteiger charge is -2.29. The van der Waals surface area contributed by atoms with Gasteiger partial charge in [-0.05, 0) is 37.8 Å². The van der Waals surface area contributed by atoms with Gasteiger partial charge in [0.2, 0.25) is 5.92 Å². The fraction of sp³-hybridized carbons (Fsp3) is 0.600. The summed E-state index contributed by atoms with van der Waals surface area (Å²) in [5, 5.41) is 0. The Labute approximate surface area is 117 Å². The second-order valence-corrected chi connectivity index (χ2v) is 5.51. The first-order valence-electron chi connectivity index (χ1n) is 7.02. The number of aryl methyl sites for hydroxylation is 2. The molecule has 0 saturated heterocycles. The summed E-state index contributed by atoms with van der Waals surface area (Å²) in [5.74, 6) is -2.97. The van der Waals surface area contributed by atoms with Crippen LogP contribution in [0.4, 0.5) is 8.78 Å². The molecule has 1 aromatic heterocycles. The van der Waals surface area contributed by atoms with Gasteiger partial charge in [-0.25, -0.2) is 8.78 Å². The third kappa shape index (κ3) is 2.97. The molecule has 0 bridgehead atoms. The number of amides is 1. The SMILES string of the molecule is CCc1cc(C(N)=O)c(C)nc1C1CCC(F)(F)CC1. The summed E-state index contributed by atoms with van der Waals surface area (Å²) in [7, 11) is 0. The Balaban J connectivity index is 2.32. The molecule has 2 rings (SSSR count). The molecule has 1 heterocycles. The van der Waals surface area contributed by atoms with Crippen molar-refractivity contribution in [2.24, 2.45) is 5.73 Å². The maximum atomic E-state index is 13.2. The van der Waals surface area contributed by atoms with Crippen LogP contribution in [-0.2, 0) is 6.42 Å². The van der Waals surface area contributed by atoms with E-state index in [1.54, 1.807) is 13.0 Å².